The van der Waals surface area contributed by atoms with Crippen molar-refractivity contribution in [2.24, 2.45) is 5.92 Å². The molecule has 1 fully saturated rings. The van der Waals surface area contributed by atoms with E-state index in [0.29, 0.717) is 61.9 Å². The first kappa shape index (κ1) is 21.2. The number of carbonyl (C=O) groups excluding carboxylic acids is 2. The Kier molecular flexibility index (Phi) is 7.16. The molecule has 29 heavy (non-hydrogen) atoms. The molecule has 1 aromatic carbocycles. The number of hydrogen-bond donors (Lipinski definition) is 3. The normalized spacial score (nSPS) is 21.4. The van der Waals surface area contributed by atoms with E-state index in [1.807, 2.05) is 0 Å². The molecular formula is C20H29N3O6. The lowest BCUT2D eigenvalue weighted by Crippen LogP contribution is -2.47. The number of aliphatic hydroxyl groups excluding tert-OH is 1. The van der Waals surface area contributed by atoms with E-state index < -0.39 is 6.10 Å². The number of hydrogen-bond acceptors (Lipinski definition) is 8. The summed E-state index contributed by atoms with van der Waals surface area (Å²) in [6.45, 7) is 3.22. The first-order chi connectivity index (χ1) is 14.0. The van der Waals surface area contributed by atoms with E-state index in [-0.39, 0.29) is 17.8 Å². The van der Waals surface area contributed by atoms with Gasteiger partial charge in [-0.15, -0.1) is 0 Å². The number of nitrogens with two attached hydrogens (primary N) is 1. The van der Waals surface area contributed by atoms with Crippen LogP contribution < -0.4 is 20.5 Å². The number of ether oxygens (including phenoxy) is 3. The predicted octanol–water partition coefficient (Wildman–Crippen LogP) is 0.406. The minimum Gasteiger partial charge on any atom is -0.486 e. The van der Waals surface area contributed by atoms with E-state index in [0.717, 1.165) is 19.5 Å². The zero-order chi connectivity index (χ0) is 20.8. The number of methoxy groups -OCH3 is 1. The van der Waals surface area contributed by atoms with Crippen molar-refractivity contribution < 1.29 is 28.9 Å². The summed E-state index contributed by atoms with van der Waals surface area (Å²) in [6.07, 6.45) is 1.29. The Morgan fingerprint density at radius 1 is 1.34 bits per heavy atom. The fraction of sp³-hybridized carbons (Fsp3) is 0.600. The number of benzene rings is 1. The molecule has 9 nitrogen and oxygen atoms in total. The van der Waals surface area contributed by atoms with Crippen molar-refractivity contribution >= 4 is 17.6 Å². The lowest BCUT2D eigenvalue weighted by molar-refractivity contribution is -0.140. The number of β-amino-alcohol motifs (C(OH)–C–C–N with tert-alkyl or cyclic N) is 1. The molecule has 2 aliphatic heterocycles. The van der Waals surface area contributed by atoms with Crippen LogP contribution in [0.15, 0.2) is 12.1 Å². The molecule has 1 aromatic rings. The summed E-state index contributed by atoms with van der Waals surface area (Å²) in [5, 5.41) is 13.4. The number of rotatable bonds is 7. The van der Waals surface area contributed by atoms with Crippen LogP contribution in [0.2, 0.25) is 0 Å². The van der Waals surface area contributed by atoms with Crippen LogP contribution >= 0.6 is 0 Å². The van der Waals surface area contributed by atoms with Crippen molar-refractivity contribution in [2.75, 3.05) is 52.2 Å². The molecule has 2 atom stereocenters. The van der Waals surface area contributed by atoms with Gasteiger partial charge in [0.15, 0.2) is 11.5 Å². The Hall–Kier alpha value is -2.52. The van der Waals surface area contributed by atoms with Crippen molar-refractivity contribution in [1.82, 2.24) is 10.2 Å². The number of nitrogen functional groups attached to an aromatic ring is 1. The molecule has 0 saturated carbocycles. The van der Waals surface area contributed by atoms with E-state index >= 15 is 0 Å². The number of nitrogens with one attached hydrogen (secondary N) is 1. The topological polar surface area (TPSA) is 123 Å². The summed E-state index contributed by atoms with van der Waals surface area (Å²) >= 11 is 0. The number of piperidine rings is 1. The zero-order valence-corrected chi connectivity index (χ0v) is 16.7. The van der Waals surface area contributed by atoms with E-state index in [4.69, 9.17) is 15.2 Å². The molecule has 0 aliphatic carbocycles. The molecule has 0 unspecified atom stereocenters. The van der Waals surface area contributed by atoms with Crippen LogP contribution in [0.4, 0.5) is 5.69 Å². The number of carbonyl (C=O) groups is 2. The quantitative estimate of drug-likeness (QED) is 0.439. The van der Waals surface area contributed by atoms with Gasteiger partial charge in [0.1, 0.15) is 13.2 Å². The molecule has 3 rings (SSSR count). The van der Waals surface area contributed by atoms with Gasteiger partial charge in [-0.25, -0.2) is 0 Å². The summed E-state index contributed by atoms with van der Waals surface area (Å²) in [7, 11) is 1.38. The third-order valence-corrected chi connectivity index (χ3v) is 5.32. The first-order valence-electron chi connectivity index (χ1n) is 9.92. The number of likely N-dealkylation sites (tertiary alicyclic amines) is 1. The predicted molar refractivity (Wildman–Crippen MR) is 106 cm³/mol. The number of aliphatic hydroxyl groups is 1. The molecule has 9 heteroatoms. The highest BCUT2D eigenvalue weighted by Crippen LogP contribution is 2.36. The van der Waals surface area contributed by atoms with Crippen LogP contribution in [-0.4, -0.2) is 74.5 Å². The van der Waals surface area contributed by atoms with Crippen molar-refractivity contribution in [1.29, 1.82) is 0 Å². The van der Waals surface area contributed by atoms with Crippen molar-refractivity contribution in [2.45, 2.75) is 25.4 Å². The summed E-state index contributed by atoms with van der Waals surface area (Å²) in [4.78, 5) is 26.0. The van der Waals surface area contributed by atoms with Gasteiger partial charge in [0, 0.05) is 37.2 Å². The molecule has 0 aromatic heterocycles. The fourth-order valence-electron chi connectivity index (χ4n) is 3.70. The minimum atomic E-state index is -0.545. The highest BCUT2D eigenvalue weighted by molar-refractivity contribution is 5.99. The largest absolute Gasteiger partial charge is 0.486 e. The Morgan fingerprint density at radius 3 is 2.90 bits per heavy atom. The molecule has 2 aliphatic rings. The van der Waals surface area contributed by atoms with Gasteiger partial charge in [-0.2, -0.15) is 0 Å². The molecular weight excluding hydrogens is 378 g/mol. The third-order valence-electron chi connectivity index (χ3n) is 5.32. The Morgan fingerprint density at radius 2 is 2.14 bits per heavy atom. The maximum Gasteiger partial charge on any atom is 0.305 e. The summed E-state index contributed by atoms with van der Waals surface area (Å²) < 4.78 is 15.7. The smallest absolute Gasteiger partial charge is 0.305 e. The van der Waals surface area contributed by atoms with Crippen molar-refractivity contribution in [3.05, 3.63) is 17.7 Å². The highest BCUT2D eigenvalue weighted by Gasteiger charge is 2.29. The van der Waals surface area contributed by atoms with E-state index in [1.165, 1.54) is 7.11 Å². The molecule has 0 radical (unpaired) electrons. The van der Waals surface area contributed by atoms with E-state index in [9.17, 15) is 14.7 Å². The van der Waals surface area contributed by atoms with Crippen molar-refractivity contribution in [3.63, 3.8) is 0 Å². The Balaban J connectivity index is 1.49. The second kappa shape index (κ2) is 9.80. The average molecular weight is 407 g/mol. The van der Waals surface area contributed by atoms with Gasteiger partial charge in [0.05, 0.1) is 18.8 Å². The molecule has 1 saturated heterocycles. The molecule has 160 valence electrons. The van der Waals surface area contributed by atoms with Crippen LogP contribution in [0, 0.1) is 5.92 Å². The zero-order valence-electron chi connectivity index (χ0n) is 16.7. The Bertz CT molecular complexity index is 741. The van der Waals surface area contributed by atoms with Gasteiger partial charge in [-0.1, -0.05) is 0 Å². The van der Waals surface area contributed by atoms with Crippen LogP contribution in [0.25, 0.3) is 0 Å². The number of anilines is 1. The van der Waals surface area contributed by atoms with Gasteiger partial charge in [-0.05, 0) is 32.0 Å². The average Bonchev–Trinajstić information content (AvgIpc) is 2.72. The van der Waals surface area contributed by atoms with Crippen LogP contribution in [-0.2, 0) is 9.53 Å². The van der Waals surface area contributed by atoms with Gasteiger partial charge < -0.3 is 35.3 Å². The first-order valence-corrected chi connectivity index (χ1v) is 9.92. The van der Waals surface area contributed by atoms with Crippen LogP contribution in [0.5, 0.6) is 11.5 Å². The monoisotopic (exact) mass is 407 g/mol. The van der Waals surface area contributed by atoms with Gasteiger partial charge in [0.25, 0.3) is 5.91 Å². The molecule has 0 spiro atoms. The van der Waals surface area contributed by atoms with Gasteiger partial charge in [-0.3, -0.25) is 9.59 Å². The number of nitrogens with zero attached hydrogens (tertiary/aromatic N) is 1. The molecule has 2 heterocycles. The maximum absolute atomic E-state index is 12.7. The SMILES string of the molecule is COC(=O)CCCN1CC[C@@H](CNC(=O)c2cc(N)cc3c2OCCO3)[C@H](O)C1. The van der Waals surface area contributed by atoms with E-state index in [1.54, 1.807) is 12.1 Å². The van der Waals surface area contributed by atoms with Gasteiger partial charge >= 0.3 is 5.97 Å². The Labute approximate surface area is 170 Å². The number of fused-ring (bicyclic) bond motifs is 1. The van der Waals surface area contributed by atoms with Crippen molar-refractivity contribution in [3.8, 4) is 11.5 Å². The summed E-state index contributed by atoms with van der Waals surface area (Å²) in [5.41, 5.74) is 6.65. The van der Waals surface area contributed by atoms with Crippen LogP contribution in [0.3, 0.4) is 0 Å². The molecule has 4 N–H and O–H groups in total. The second-order valence-corrected chi connectivity index (χ2v) is 7.40. The maximum atomic E-state index is 12.7. The van der Waals surface area contributed by atoms with Gasteiger partial charge in [0.2, 0.25) is 0 Å². The van der Waals surface area contributed by atoms with Crippen LogP contribution in [0.1, 0.15) is 29.6 Å². The highest BCUT2D eigenvalue weighted by atomic mass is 16.6. The number of esters is 1. The molecule has 0 bridgehead atoms. The fourth-order valence-corrected chi connectivity index (χ4v) is 3.70. The lowest BCUT2D eigenvalue weighted by atomic mass is 9.93. The second-order valence-electron chi connectivity index (χ2n) is 7.40. The number of amides is 1. The van der Waals surface area contributed by atoms with E-state index in [2.05, 4.69) is 15.0 Å². The summed E-state index contributed by atoms with van der Waals surface area (Å²) in [6, 6.07) is 3.22. The minimum absolute atomic E-state index is 0.0372. The summed E-state index contributed by atoms with van der Waals surface area (Å²) in [5.74, 6) is 0.323. The standard InChI is InChI=1S/C20H29N3O6/c1-27-18(25)3-2-5-23-6-4-13(16(24)12-23)11-22-20(26)15-9-14(21)10-17-19(15)29-8-7-28-17/h9-10,13,16,24H,2-8,11-12,21H2,1H3,(H,22,26)/t13-,16+/m0/s1. The lowest BCUT2D eigenvalue weighted by Gasteiger charge is -2.36. The molecule has 1 amide bonds. The third kappa shape index (κ3) is 5.51.